The molecule has 0 saturated carbocycles. The Morgan fingerprint density at radius 3 is 2.32 bits per heavy atom. The molecule has 0 fully saturated rings. The number of nitrogens with zero attached hydrogens (tertiary/aromatic N) is 1. The number of hydrogen-bond donors (Lipinski definition) is 0. The first kappa shape index (κ1) is 17.3. The molecular formula is C18H13BrFNO4. The zero-order valence-corrected chi connectivity index (χ0v) is 14.7. The molecule has 3 rings (SSSR count). The topological polar surface area (TPSA) is 63.7 Å². The summed E-state index contributed by atoms with van der Waals surface area (Å²) in [5.41, 5.74) is 0.711. The summed E-state index contributed by atoms with van der Waals surface area (Å²) >= 11 is 3.14. The fourth-order valence-electron chi connectivity index (χ4n) is 2.57. The number of hydrogen-bond acceptors (Lipinski definition) is 4. The first-order valence-corrected chi connectivity index (χ1v) is 8.27. The fourth-order valence-corrected chi connectivity index (χ4v) is 2.91. The third-order valence-corrected chi connectivity index (χ3v) is 4.43. The maximum absolute atomic E-state index is 13.8. The molecule has 0 aromatic heterocycles. The Hall–Kier alpha value is -2.54. The largest absolute Gasteiger partial charge is 0.459 e. The molecule has 2 aromatic carbocycles. The van der Waals surface area contributed by atoms with Crippen molar-refractivity contribution in [3.63, 3.8) is 0 Å². The second kappa shape index (κ2) is 6.76. The van der Waals surface area contributed by atoms with Crippen LogP contribution in [0.2, 0.25) is 0 Å². The molecule has 0 spiro atoms. The van der Waals surface area contributed by atoms with Crippen LogP contribution in [0.4, 0.5) is 4.39 Å². The monoisotopic (exact) mass is 405 g/mol. The van der Waals surface area contributed by atoms with Crippen molar-refractivity contribution in [3.05, 3.63) is 69.4 Å². The highest BCUT2D eigenvalue weighted by Gasteiger charge is 2.41. The molecule has 0 saturated heterocycles. The zero-order chi connectivity index (χ0) is 18.1. The molecule has 7 heteroatoms. The highest BCUT2D eigenvalue weighted by atomic mass is 79.9. The third-order valence-electron chi connectivity index (χ3n) is 3.94. The molecule has 2 amide bonds. The van der Waals surface area contributed by atoms with Gasteiger partial charge in [-0.3, -0.25) is 14.5 Å². The fraction of sp³-hybridized carbons (Fsp3) is 0.167. The molecule has 0 N–H and O–H groups in total. The Morgan fingerprint density at radius 2 is 1.76 bits per heavy atom. The maximum Gasteiger partial charge on any atom is 0.329 e. The number of ether oxygens (including phenoxy) is 1. The van der Waals surface area contributed by atoms with Crippen molar-refractivity contribution in [2.45, 2.75) is 19.6 Å². The lowest BCUT2D eigenvalue weighted by Gasteiger charge is -2.21. The number of imide groups is 1. The van der Waals surface area contributed by atoms with Gasteiger partial charge in [0.05, 0.1) is 11.1 Å². The number of rotatable bonds is 4. The van der Waals surface area contributed by atoms with Crippen LogP contribution in [0.3, 0.4) is 0 Å². The summed E-state index contributed by atoms with van der Waals surface area (Å²) in [7, 11) is 0. The SMILES string of the molecule is CC(C(=O)OCc1ccc(Br)cc1F)N1C(=O)c2ccccc2C1=O. The van der Waals surface area contributed by atoms with Gasteiger partial charge in [0.25, 0.3) is 11.8 Å². The molecule has 25 heavy (non-hydrogen) atoms. The van der Waals surface area contributed by atoms with Crippen LogP contribution in [0.25, 0.3) is 0 Å². The van der Waals surface area contributed by atoms with Crippen molar-refractivity contribution in [2.24, 2.45) is 0 Å². The van der Waals surface area contributed by atoms with Crippen LogP contribution < -0.4 is 0 Å². The van der Waals surface area contributed by atoms with Crippen LogP contribution in [-0.2, 0) is 16.1 Å². The highest BCUT2D eigenvalue weighted by Crippen LogP contribution is 2.25. The smallest absolute Gasteiger partial charge is 0.329 e. The van der Waals surface area contributed by atoms with Crippen LogP contribution in [0.1, 0.15) is 33.2 Å². The van der Waals surface area contributed by atoms with E-state index < -0.39 is 29.6 Å². The van der Waals surface area contributed by atoms with Crippen LogP contribution in [-0.4, -0.2) is 28.7 Å². The molecule has 0 radical (unpaired) electrons. The van der Waals surface area contributed by atoms with E-state index in [1.54, 1.807) is 18.2 Å². The van der Waals surface area contributed by atoms with Gasteiger partial charge in [-0.25, -0.2) is 9.18 Å². The average Bonchev–Trinajstić information content (AvgIpc) is 2.85. The number of carbonyl (C=O) groups is 3. The van der Waals surface area contributed by atoms with Crippen molar-refractivity contribution in [2.75, 3.05) is 0 Å². The summed E-state index contributed by atoms with van der Waals surface area (Å²) in [4.78, 5) is 37.8. The van der Waals surface area contributed by atoms with E-state index in [-0.39, 0.29) is 23.3 Å². The third kappa shape index (κ3) is 3.19. The minimum absolute atomic E-state index is 0.200. The summed E-state index contributed by atoms with van der Waals surface area (Å²) in [5, 5.41) is 0. The molecule has 128 valence electrons. The van der Waals surface area contributed by atoms with E-state index >= 15 is 0 Å². The van der Waals surface area contributed by atoms with Gasteiger partial charge in [0.15, 0.2) is 0 Å². The van der Waals surface area contributed by atoms with Crippen molar-refractivity contribution in [1.82, 2.24) is 4.90 Å². The van der Waals surface area contributed by atoms with Crippen LogP contribution >= 0.6 is 15.9 Å². The predicted molar refractivity (Wildman–Crippen MR) is 90.3 cm³/mol. The zero-order valence-electron chi connectivity index (χ0n) is 13.2. The second-order valence-corrected chi connectivity index (χ2v) is 6.46. The van der Waals surface area contributed by atoms with E-state index in [1.165, 1.54) is 31.2 Å². The van der Waals surface area contributed by atoms with Gasteiger partial charge in [0, 0.05) is 10.0 Å². The molecule has 5 nitrogen and oxygen atoms in total. The maximum atomic E-state index is 13.8. The molecule has 1 aliphatic rings. The normalized spacial score (nSPS) is 14.4. The number of amides is 2. The second-order valence-electron chi connectivity index (χ2n) is 5.55. The van der Waals surface area contributed by atoms with Crippen molar-refractivity contribution >= 4 is 33.7 Å². The predicted octanol–water partition coefficient (Wildman–Crippen LogP) is 3.32. The van der Waals surface area contributed by atoms with Gasteiger partial charge in [0.2, 0.25) is 0 Å². The van der Waals surface area contributed by atoms with Gasteiger partial charge in [-0.15, -0.1) is 0 Å². The molecule has 1 atom stereocenters. The minimum Gasteiger partial charge on any atom is -0.459 e. The van der Waals surface area contributed by atoms with Gasteiger partial charge >= 0.3 is 5.97 Å². The molecule has 1 aliphatic heterocycles. The average molecular weight is 406 g/mol. The van der Waals surface area contributed by atoms with Gasteiger partial charge in [-0.2, -0.15) is 0 Å². The van der Waals surface area contributed by atoms with E-state index in [9.17, 15) is 18.8 Å². The summed E-state index contributed by atoms with van der Waals surface area (Å²) < 4.78 is 19.4. The lowest BCUT2D eigenvalue weighted by molar-refractivity contribution is -0.149. The summed E-state index contributed by atoms with van der Waals surface area (Å²) in [6, 6.07) is 9.62. The van der Waals surface area contributed by atoms with Gasteiger partial charge in [-0.05, 0) is 31.2 Å². The lowest BCUT2D eigenvalue weighted by atomic mass is 10.1. The van der Waals surface area contributed by atoms with Crippen LogP contribution in [0.15, 0.2) is 46.9 Å². The minimum atomic E-state index is -1.11. The van der Waals surface area contributed by atoms with E-state index in [1.807, 2.05) is 0 Å². The highest BCUT2D eigenvalue weighted by molar-refractivity contribution is 9.10. The van der Waals surface area contributed by atoms with Crippen LogP contribution in [0.5, 0.6) is 0 Å². The standard InChI is InChI=1S/C18H13BrFNO4/c1-10(18(24)25-9-11-6-7-12(19)8-15(11)20)21-16(22)13-4-2-3-5-14(13)17(21)23/h2-8,10H,9H2,1H3. The van der Waals surface area contributed by atoms with Crippen molar-refractivity contribution < 1.29 is 23.5 Å². The first-order valence-electron chi connectivity index (χ1n) is 7.47. The van der Waals surface area contributed by atoms with E-state index in [2.05, 4.69) is 15.9 Å². The lowest BCUT2D eigenvalue weighted by Crippen LogP contribution is -2.43. The van der Waals surface area contributed by atoms with E-state index in [4.69, 9.17) is 4.74 Å². The summed E-state index contributed by atoms with van der Waals surface area (Å²) in [6.07, 6.45) is 0. The molecule has 1 heterocycles. The van der Waals surface area contributed by atoms with E-state index in [0.717, 1.165) is 4.90 Å². The van der Waals surface area contributed by atoms with E-state index in [0.29, 0.717) is 4.47 Å². The Bertz CT molecular complexity index is 848. The van der Waals surface area contributed by atoms with Gasteiger partial charge in [-0.1, -0.05) is 34.1 Å². The molecule has 0 bridgehead atoms. The number of carbonyl (C=O) groups excluding carboxylic acids is 3. The Kier molecular flexibility index (Phi) is 4.67. The number of esters is 1. The summed E-state index contributed by atoms with van der Waals surface area (Å²) in [6.45, 7) is 1.12. The number of halogens is 2. The molecule has 1 unspecified atom stereocenters. The Morgan fingerprint density at radius 1 is 1.16 bits per heavy atom. The number of benzene rings is 2. The van der Waals surface area contributed by atoms with Gasteiger partial charge in [0.1, 0.15) is 18.5 Å². The first-order chi connectivity index (χ1) is 11.9. The van der Waals surface area contributed by atoms with Gasteiger partial charge < -0.3 is 4.74 Å². The number of fused-ring (bicyclic) bond motifs is 1. The van der Waals surface area contributed by atoms with Crippen molar-refractivity contribution in [3.8, 4) is 0 Å². The Balaban J connectivity index is 1.71. The quantitative estimate of drug-likeness (QED) is 0.578. The van der Waals surface area contributed by atoms with Crippen molar-refractivity contribution in [1.29, 1.82) is 0 Å². The molecule has 0 aliphatic carbocycles. The molecule has 2 aromatic rings. The molecular weight excluding hydrogens is 393 g/mol. The summed E-state index contributed by atoms with van der Waals surface area (Å²) in [5.74, 6) is -2.38. The van der Waals surface area contributed by atoms with Crippen LogP contribution in [0, 0.1) is 5.82 Å². The Labute approximate surface area is 151 Å².